The molecule has 3 aromatic rings. The summed E-state index contributed by atoms with van der Waals surface area (Å²) in [4.78, 5) is 52.0. The Hall–Kier alpha value is -4.20. The summed E-state index contributed by atoms with van der Waals surface area (Å²) in [5.74, 6) is -2.96. The smallest absolute Gasteiger partial charge is 0.296 e. The van der Waals surface area contributed by atoms with Crippen LogP contribution in [0.4, 0.5) is 4.39 Å². The predicted molar refractivity (Wildman–Crippen MR) is 127 cm³/mol. The van der Waals surface area contributed by atoms with Crippen molar-refractivity contribution < 1.29 is 27.5 Å². The van der Waals surface area contributed by atoms with E-state index in [1.54, 1.807) is 0 Å². The Balaban J connectivity index is 1.64. The molecule has 1 unspecified atom stereocenters. The molecule has 0 radical (unpaired) electrons. The molecule has 0 aliphatic carbocycles. The molecule has 2 aromatic heterocycles. The molecule has 2 N–H and O–H groups in total. The van der Waals surface area contributed by atoms with Crippen molar-refractivity contribution in [3.8, 4) is 5.75 Å². The summed E-state index contributed by atoms with van der Waals surface area (Å²) in [6, 6.07) is 2.42. The molecular formula is C23H23FN6O6S. The Morgan fingerprint density at radius 3 is 2.70 bits per heavy atom. The number of aromatic hydroxyl groups is 1. The van der Waals surface area contributed by atoms with Crippen molar-refractivity contribution in [2.45, 2.75) is 30.3 Å². The summed E-state index contributed by atoms with van der Waals surface area (Å²) < 4.78 is 38.7. The zero-order chi connectivity index (χ0) is 26.9. The van der Waals surface area contributed by atoms with E-state index in [0.29, 0.717) is 19.4 Å². The van der Waals surface area contributed by atoms with Gasteiger partial charge in [-0.05, 0) is 30.5 Å². The van der Waals surface area contributed by atoms with Gasteiger partial charge in [-0.25, -0.2) is 22.8 Å². The van der Waals surface area contributed by atoms with Crippen LogP contribution >= 0.6 is 0 Å². The number of nitrogens with one attached hydrogen (secondary N) is 1. The molecule has 1 atom stereocenters. The van der Waals surface area contributed by atoms with Crippen LogP contribution in [-0.2, 0) is 23.4 Å². The van der Waals surface area contributed by atoms with Gasteiger partial charge in [0.2, 0.25) is 5.75 Å². The molecule has 3 heterocycles. The van der Waals surface area contributed by atoms with Crippen molar-refractivity contribution in [1.82, 2.24) is 29.7 Å². The molecule has 12 nitrogen and oxygen atoms in total. The van der Waals surface area contributed by atoms with Gasteiger partial charge < -0.3 is 15.3 Å². The van der Waals surface area contributed by atoms with Gasteiger partial charge in [0.1, 0.15) is 17.3 Å². The Kier molecular flexibility index (Phi) is 7.03. The van der Waals surface area contributed by atoms with E-state index < -0.39 is 50.5 Å². The average Bonchev–Trinajstić information content (AvgIpc) is 3.35. The highest BCUT2D eigenvalue weighted by Gasteiger charge is 2.35. The number of rotatable bonds is 6. The van der Waals surface area contributed by atoms with E-state index in [1.165, 1.54) is 36.6 Å². The summed E-state index contributed by atoms with van der Waals surface area (Å²) in [6.07, 6.45) is 6.09. The number of carbonyl (C=O) groups is 2. The van der Waals surface area contributed by atoms with Crippen molar-refractivity contribution >= 4 is 21.7 Å². The molecule has 0 bridgehead atoms. The monoisotopic (exact) mass is 530 g/mol. The molecule has 4 rings (SSSR count). The number of amides is 2. The Bertz CT molecular complexity index is 1540. The highest BCUT2D eigenvalue weighted by atomic mass is 32.2. The van der Waals surface area contributed by atoms with Gasteiger partial charge in [0.25, 0.3) is 17.4 Å². The van der Waals surface area contributed by atoms with E-state index >= 15 is 0 Å². The molecular weight excluding hydrogens is 507 g/mol. The van der Waals surface area contributed by atoms with Gasteiger partial charge in [-0.15, -0.1) is 0 Å². The molecule has 194 valence electrons. The Morgan fingerprint density at radius 1 is 1.27 bits per heavy atom. The maximum atomic E-state index is 13.6. The molecule has 2 amide bonds. The number of carbonyl (C=O) groups excluding carboxylic acids is 2. The van der Waals surface area contributed by atoms with Gasteiger partial charge in [-0.3, -0.25) is 23.9 Å². The number of sulfone groups is 1. The molecule has 1 aliphatic heterocycles. The maximum absolute atomic E-state index is 13.6. The fourth-order valence-electron chi connectivity index (χ4n) is 4.18. The second-order valence-electron chi connectivity index (χ2n) is 8.49. The van der Waals surface area contributed by atoms with Crippen molar-refractivity contribution in [1.29, 1.82) is 0 Å². The number of aromatic nitrogens is 4. The van der Waals surface area contributed by atoms with E-state index in [9.17, 15) is 32.3 Å². The van der Waals surface area contributed by atoms with Gasteiger partial charge >= 0.3 is 0 Å². The minimum Gasteiger partial charge on any atom is -0.501 e. The van der Waals surface area contributed by atoms with Crippen LogP contribution in [0.2, 0.25) is 0 Å². The third kappa shape index (κ3) is 5.18. The zero-order valence-corrected chi connectivity index (χ0v) is 20.7. The minimum atomic E-state index is -3.80. The average molecular weight is 531 g/mol. The van der Waals surface area contributed by atoms with E-state index in [0.717, 1.165) is 23.0 Å². The Morgan fingerprint density at radius 2 is 2.03 bits per heavy atom. The largest absolute Gasteiger partial charge is 0.501 e. The van der Waals surface area contributed by atoms with Gasteiger partial charge in [-0.2, -0.15) is 0 Å². The van der Waals surface area contributed by atoms with Crippen molar-refractivity contribution in [2.75, 3.05) is 12.8 Å². The molecule has 1 fully saturated rings. The molecule has 0 spiro atoms. The summed E-state index contributed by atoms with van der Waals surface area (Å²) in [5.41, 5.74) is -1.26. The quantitative estimate of drug-likeness (QED) is 0.467. The summed E-state index contributed by atoms with van der Waals surface area (Å²) >= 11 is 0. The number of halogens is 1. The third-order valence-electron chi connectivity index (χ3n) is 5.98. The lowest BCUT2D eigenvalue weighted by molar-refractivity contribution is 0.0720. The fourth-order valence-corrected chi connectivity index (χ4v) is 5.12. The first kappa shape index (κ1) is 25.9. The number of hydrogen-bond acceptors (Lipinski definition) is 9. The lowest BCUT2D eigenvalue weighted by Crippen LogP contribution is -2.36. The van der Waals surface area contributed by atoms with Crippen molar-refractivity contribution in [2.24, 2.45) is 7.05 Å². The van der Waals surface area contributed by atoms with Crippen LogP contribution < -0.4 is 10.9 Å². The second-order valence-corrected chi connectivity index (χ2v) is 10.5. The van der Waals surface area contributed by atoms with Crippen LogP contribution in [-0.4, -0.2) is 62.6 Å². The molecule has 0 saturated carbocycles. The van der Waals surface area contributed by atoms with E-state index in [1.807, 2.05) is 0 Å². The maximum Gasteiger partial charge on any atom is 0.296 e. The van der Waals surface area contributed by atoms with Gasteiger partial charge in [0, 0.05) is 38.8 Å². The van der Waals surface area contributed by atoms with Crippen LogP contribution in [0.25, 0.3) is 0 Å². The summed E-state index contributed by atoms with van der Waals surface area (Å²) in [5, 5.41) is 12.8. The van der Waals surface area contributed by atoms with Crippen LogP contribution in [0.5, 0.6) is 5.75 Å². The molecule has 1 aliphatic rings. The summed E-state index contributed by atoms with van der Waals surface area (Å²) in [6.45, 7) is 0.0189. The number of hydrogen-bond donors (Lipinski definition) is 2. The molecule has 1 aromatic carbocycles. The SMILES string of the molecule is Cn1c(C2CCCN2C(=O)c2cnccn2)nc(C(=O)NCc2ccc(F)cc2S(C)(=O)=O)c(O)c1=O. The van der Waals surface area contributed by atoms with Crippen LogP contribution in [0.3, 0.4) is 0 Å². The third-order valence-corrected chi connectivity index (χ3v) is 7.16. The van der Waals surface area contributed by atoms with Crippen LogP contribution in [0, 0.1) is 5.82 Å². The zero-order valence-electron chi connectivity index (χ0n) is 19.9. The van der Waals surface area contributed by atoms with Crippen LogP contribution in [0.1, 0.15) is 51.2 Å². The number of likely N-dealkylation sites (tertiary alicyclic amines) is 1. The summed E-state index contributed by atoms with van der Waals surface area (Å²) in [7, 11) is -2.43. The lowest BCUT2D eigenvalue weighted by atomic mass is 10.1. The highest BCUT2D eigenvalue weighted by molar-refractivity contribution is 7.90. The molecule has 1 saturated heterocycles. The normalized spacial score (nSPS) is 15.5. The predicted octanol–water partition coefficient (Wildman–Crippen LogP) is 0.726. The van der Waals surface area contributed by atoms with Crippen molar-refractivity contribution in [3.63, 3.8) is 0 Å². The van der Waals surface area contributed by atoms with E-state index in [-0.39, 0.29) is 28.5 Å². The van der Waals surface area contributed by atoms with Crippen LogP contribution in [0.15, 0.2) is 46.5 Å². The number of benzene rings is 1. The highest BCUT2D eigenvalue weighted by Crippen LogP contribution is 2.32. The fraction of sp³-hybridized carbons (Fsp3) is 0.304. The topological polar surface area (TPSA) is 164 Å². The standard InChI is InChI=1S/C23H23FN6O6S/c1-29-20(16-4-3-9-30(16)22(33)15-12-25-7-8-26-15)28-18(19(31)23(29)34)21(32)27-11-13-5-6-14(24)10-17(13)37(2,35)36/h5-8,10,12,16,31H,3-4,9,11H2,1-2H3,(H,27,32). The molecule has 14 heteroatoms. The first-order chi connectivity index (χ1) is 17.5. The first-order valence-electron chi connectivity index (χ1n) is 11.1. The van der Waals surface area contributed by atoms with Crippen molar-refractivity contribution in [3.05, 3.63) is 75.7 Å². The van der Waals surface area contributed by atoms with Gasteiger partial charge in [0.15, 0.2) is 15.5 Å². The lowest BCUT2D eigenvalue weighted by Gasteiger charge is -2.25. The number of nitrogens with zero attached hydrogens (tertiary/aromatic N) is 5. The van der Waals surface area contributed by atoms with Gasteiger partial charge in [0.05, 0.1) is 17.1 Å². The molecule has 37 heavy (non-hydrogen) atoms. The Labute approximate surface area is 210 Å². The first-order valence-corrected chi connectivity index (χ1v) is 13.0. The van der Waals surface area contributed by atoms with E-state index in [2.05, 4.69) is 20.3 Å². The second kappa shape index (κ2) is 10.0. The van der Waals surface area contributed by atoms with Gasteiger partial charge in [-0.1, -0.05) is 6.07 Å². The minimum absolute atomic E-state index is 0.0845. The van der Waals surface area contributed by atoms with E-state index in [4.69, 9.17) is 0 Å².